The molecule has 0 saturated carbocycles. The molecule has 0 aliphatic heterocycles. The number of pyridine rings is 1. The van der Waals surface area contributed by atoms with Gasteiger partial charge in [0.05, 0.1) is 25.4 Å². The highest BCUT2D eigenvalue weighted by Crippen LogP contribution is 2.41. The van der Waals surface area contributed by atoms with E-state index in [-0.39, 0.29) is 0 Å². The number of anilines is 1. The Morgan fingerprint density at radius 3 is 2.03 bits per heavy atom. The predicted molar refractivity (Wildman–Crippen MR) is 130 cm³/mol. The van der Waals surface area contributed by atoms with E-state index in [1.165, 1.54) is 5.39 Å². The number of aromatic nitrogens is 1. The summed E-state index contributed by atoms with van der Waals surface area (Å²) in [5.41, 5.74) is 4.14. The van der Waals surface area contributed by atoms with Crippen LogP contribution in [0.5, 0.6) is 11.5 Å². The van der Waals surface area contributed by atoms with Crippen molar-refractivity contribution in [1.82, 2.24) is 4.98 Å². The van der Waals surface area contributed by atoms with Gasteiger partial charge in [-0.25, -0.2) is 4.98 Å². The Morgan fingerprint density at radius 1 is 0.677 bits per heavy atom. The van der Waals surface area contributed by atoms with E-state index in [2.05, 4.69) is 71.6 Å². The van der Waals surface area contributed by atoms with Crippen molar-refractivity contribution in [1.29, 1.82) is 0 Å². The average molecular weight is 409 g/mol. The highest BCUT2D eigenvalue weighted by atomic mass is 16.5. The topological polar surface area (TPSA) is 34.6 Å². The fraction of sp³-hybridized carbons (Fsp3) is 0.148. The van der Waals surface area contributed by atoms with Crippen molar-refractivity contribution in [2.75, 3.05) is 33.2 Å². The molecule has 5 rings (SSSR count). The van der Waals surface area contributed by atoms with E-state index in [4.69, 9.17) is 14.5 Å². The zero-order valence-electron chi connectivity index (χ0n) is 18.1. The molecule has 0 aliphatic carbocycles. The molecule has 0 bridgehead atoms. The van der Waals surface area contributed by atoms with Crippen molar-refractivity contribution in [2.45, 2.75) is 0 Å². The van der Waals surface area contributed by atoms with Crippen molar-refractivity contribution < 1.29 is 9.47 Å². The molecule has 4 nitrogen and oxygen atoms in total. The van der Waals surface area contributed by atoms with E-state index in [0.29, 0.717) is 11.5 Å². The van der Waals surface area contributed by atoms with Crippen LogP contribution in [0, 0.1) is 0 Å². The molecular weight excluding hydrogens is 384 g/mol. The molecule has 31 heavy (non-hydrogen) atoms. The van der Waals surface area contributed by atoms with Crippen molar-refractivity contribution in [2.24, 2.45) is 0 Å². The number of rotatable bonds is 4. The lowest BCUT2D eigenvalue weighted by atomic mass is 9.97. The smallest absolute Gasteiger partial charge is 0.161 e. The molecule has 0 amide bonds. The molecule has 4 aromatic carbocycles. The first-order valence-electron chi connectivity index (χ1n) is 10.3. The highest BCUT2D eigenvalue weighted by Gasteiger charge is 2.16. The van der Waals surface area contributed by atoms with Crippen LogP contribution in [-0.2, 0) is 0 Å². The molecule has 154 valence electrons. The van der Waals surface area contributed by atoms with Crippen LogP contribution in [0.2, 0.25) is 0 Å². The minimum absolute atomic E-state index is 0.697. The van der Waals surface area contributed by atoms with Gasteiger partial charge in [-0.1, -0.05) is 48.5 Å². The summed E-state index contributed by atoms with van der Waals surface area (Å²) in [6.07, 6.45) is 0. The predicted octanol–water partition coefficient (Wildman–Crippen LogP) is 6.29. The van der Waals surface area contributed by atoms with Crippen LogP contribution in [0.4, 0.5) is 5.69 Å². The molecule has 0 saturated heterocycles. The summed E-state index contributed by atoms with van der Waals surface area (Å²) >= 11 is 0. The first-order chi connectivity index (χ1) is 15.1. The third kappa shape index (κ3) is 3.12. The van der Waals surface area contributed by atoms with Gasteiger partial charge < -0.3 is 14.4 Å². The lowest BCUT2D eigenvalue weighted by Gasteiger charge is -2.16. The van der Waals surface area contributed by atoms with E-state index in [1.807, 2.05) is 20.2 Å². The van der Waals surface area contributed by atoms with Crippen molar-refractivity contribution in [3.05, 3.63) is 72.8 Å². The fourth-order valence-electron chi connectivity index (χ4n) is 4.20. The fourth-order valence-corrected chi connectivity index (χ4v) is 4.20. The molecule has 0 radical (unpaired) electrons. The normalized spacial score (nSPS) is 11.2. The molecule has 0 fully saturated rings. The molecule has 4 heteroatoms. The molecule has 0 aliphatic rings. The van der Waals surface area contributed by atoms with Crippen LogP contribution in [0.1, 0.15) is 0 Å². The van der Waals surface area contributed by atoms with Gasteiger partial charge in [-0.3, -0.25) is 0 Å². The van der Waals surface area contributed by atoms with Gasteiger partial charge in [0.15, 0.2) is 11.5 Å². The quantitative estimate of drug-likeness (QED) is 0.327. The number of methoxy groups -OCH3 is 2. The van der Waals surface area contributed by atoms with E-state index in [0.717, 1.165) is 44.0 Å². The number of benzene rings is 4. The van der Waals surface area contributed by atoms with E-state index < -0.39 is 0 Å². The SMILES string of the molecule is COc1cc2c(-c3ccc(N(C)C)cc3)nc3c4ccccc4ccc3c2cc1OC. The minimum Gasteiger partial charge on any atom is -0.493 e. The Hall–Kier alpha value is -3.79. The molecule has 0 unspecified atom stereocenters. The number of hydrogen-bond acceptors (Lipinski definition) is 4. The lowest BCUT2D eigenvalue weighted by Crippen LogP contribution is -2.07. The summed E-state index contributed by atoms with van der Waals surface area (Å²) in [5.74, 6) is 1.41. The van der Waals surface area contributed by atoms with E-state index in [1.54, 1.807) is 14.2 Å². The zero-order chi connectivity index (χ0) is 21.5. The molecule has 1 heterocycles. The van der Waals surface area contributed by atoms with Crippen molar-refractivity contribution in [3.63, 3.8) is 0 Å². The monoisotopic (exact) mass is 408 g/mol. The maximum Gasteiger partial charge on any atom is 0.161 e. The molecule has 0 atom stereocenters. The van der Waals surface area contributed by atoms with Gasteiger partial charge in [0.25, 0.3) is 0 Å². The first kappa shape index (κ1) is 19.2. The molecule has 5 aromatic rings. The Labute approximate surface area is 181 Å². The lowest BCUT2D eigenvalue weighted by molar-refractivity contribution is 0.356. The summed E-state index contributed by atoms with van der Waals surface area (Å²) in [5, 5.41) is 5.56. The van der Waals surface area contributed by atoms with Crippen molar-refractivity contribution in [3.8, 4) is 22.8 Å². The number of ether oxygens (including phenoxy) is 2. The Morgan fingerprint density at radius 2 is 1.35 bits per heavy atom. The zero-order valence-corrected chi connectivity index (χ0v) is 18.1. The number of fused-ring (bicyclic) bond motifs is 5. The van der Waals surface area contributed by atoms with E-state index >= 15 is 0 Å². The second-order valence-electron chi connectivity index (χ2n) is 7.84. The Kier molecular flexibility index (Phi) is 4.63. The number of nitrogens with zero attached hydrogens (tertiary/aromatic N) is 2. The van der Waals surface area contributed by atoms with Gasteiger partial charge >= 0.3 is 0 Å². The first-order valence-corrected chi connectivity index (χ1v) is 10.3. The highest BCUT2D eigenvalue weighted by molar-refractivity contribution is 6.18. The average Bonchev–Trinajstić information content (AvgIpc) is 2.82. The summed E-state index contributed by atoms with van der Waals surface area (Å²) in [6, 6.07) is 25.3. The summed E-state index contributed by atoms with van der Waals surface area (Å²) in [6.45, 7) is 0. The van der Waals surface area contributed by atoms with Crippen LogP contribution in [0.3, 0.4) is 0 Å². The number of hydrogen-bond donors (Lipinski definition) is 0. The second-order valence-corrected chi connectivity index (χ2v) is 7.84. The summed E-state index contributed by atoms with van der Waals surface area (Å²) < 4.78 is 11.2. The van der Waals surface area contributed by atoms with E-state index in [9.17, 15) is 0 Å². The van der Waals surface area contributed by atoms with Gasteiger partial charge in [0, 0.05) is 41.5 Å². The van der Waals surface area contributed by atoms with Gasteiger partial charge in [-0.2, -0.15) is 0 Å². The Balaban J connectivity index is 1.92. The molecule has 0 spiro atoms. The van der Waals surface area contributed by atoms with Crippen molar-refractivity contribution >= 4 is 38.1 Å². The maximum atomic E-state index is 5.62. The third-order valence-corrected chi connectivity index (χ3v) is 5.85. The maximum absolute atomic E-state index is 5.62. The summed E-state index contributed by atoms with van der Waals surface area (Å²) in [4.78, 5) is 7.29. The van der Waals surface area contributed by atoms with Crippen LogP contribution in [0.25, 0.3) is 43.7 Å². The third-order valence-electron chi connectivity index (χ3n) is 5.85. The Bertz CT molecular complexity index is 1420. The molecule has 1 aromatic heterocycles. The van der Waals surface area contributed by atoms with Crippen LogP contribution >= 0.6 is 0 Å². The molecule has 0 N–H and O–H groups in total. The minimum atomic E-state index is 0.697. The summed E-state index contributed by atoms with van der Waals surface area (Å²) in [7, 11) is 7.42. The molecular formula is C27H24N2O2. The van der Waals surface area contributed by atoms with Crippen LogP contribution < -0.4 is 14.4 Å². The van der Waals surface area contributed by atoms with Gasteiger partial charge in [0.1, 0.15) is 0 Å². The van der Waals surface area contributed by atoms with Gasteiger partial charge in [-0.15, -0.1) is 0 Å². The van der Waals surface area contributed by atoms with Crippen LogP contribution in [-0.4, -0.2) is 33.3 Å². The largest absolute Gasteiger partial charge is 0.493 e. The standard InChI is InChI=1S/C27H24N2O2/c1-29(2)19-12-9-18(10-13-19)26-23-16-25(31-4)24(30-3)15-22(23)21-14-11-17-7-5-6-8-20(17)27(21)28-26/h5-16H,1-4H3. The van der Waals surface area contributed by atoms with Crippen LogP contribution in [0.15, 0.2) is 72.8 Å². The van der Waals surface area contributed by atoms with Gasteiger partial charge in [-0.05, 0) is 35.0 Å². The second kappa shape index (κ2) is 7.47. The van der Waals surface area contributed by atoms with Gasteiger partial charge in [0.2, 0.25) is 0 Å².